The molecular formula is C42H54Zr-4. The Bertz CT molecular complexity index is 1320. The van der Waals surface area contributed by atoms with Crippen LogP contribution in [0.1, 0.15) is 110 Å². The number of hydrogen-bond acceptors (Lipinski definition) is 0. The molecule has 0 amide bonds. The topological polar surface area (TPSA) is 0 Å². The Kier molecular flexibility index (Phi) is 15.8. The van der Waals surface area contributed by atoms with Crippen molar-refractivity contribution in [3.8, 4) is 0 Å². The zero-order chi connectivity index (χ0) is 31.9. The largest absolute Gasteiger partial charge is 0.214 e. The van der Waals surface area contributed by atoms with Crippen molar-refractivity contribution in [2.75, 3.05) is 0 Å². The molecule has 1 saturated carbocycles. The van der Waals surface area contributed by atoms with Gasteiger partial charge in [-0.1, -0.05) is 110 Å². The maximum absolute atomic E-state index is 3.34. The molecule has 5 aromatic carbocycles. The molecule has 0 nitrogen and oxygen atoms in total. The minimum absolute atomic E-state index is 0.203. The van der Waals surface area contributed by atoms with Gasteiger partial charge in [0.15, 0.2) is 0 Å². The van der Waals surface area contributed by atoms with Gasteiger partial charge in [-0.25, -0.2) is 12.1 Å². The maximum Gasteiger partial charge on any atom is -0.172 e. The van der Waals surface area contributed by atoms with Crippen LogP contribution in [-0.2, 0) is 35.1 Å². The second-order valence-corrected chi connectivity index (χ2v) is 13.6. The van der Waals surface area contributed by atoms with Gasteiger partial charge in [-0.3, -0.25) is 0 Å². The molecule has 0 spiro atoms. The summed E-state index contributed by atoms with van der Waals surface area (Å²) >= 11 is 1.30. The summed E-state index contributed by atoms with van der Waals surface area (Å²) in [5.74, 6) is 0.639. The molecule has 0 radical (unpaired) electrons. The van der Waals surface area contributed by atoms with E-state index in [1.165, 1.54) is 94.6 Å². The monoisotopic (exact) mass is 648 g/mol. The van der Waals surface area contributed by atoms with Crippen molar-refractivity contribution < 1.29 is 24.2 Å². The quantitative estimate of drug-likeness (QED) is 0.159. The molecule has 1 aliphatic rings. The van der Waals surface area contributed by atoms with Gasteiger partial charge in [-0.2, -0.15) is 66.9 Å². The van der Waals surface area contributed by atoms with Gasteiger partial charge in [0.25, 0.3) is 0 Å². The molecule has 230 valence electrons. The summed E-state index contributed by atoms with van der Waals surface area (Å²) in [6.07, 6.45) is 9.50. The zero-order valence-corrected chi connectivity index (χ0v) is 30.6. The Hall–Kier alpha value is -2.37. The van der Waals surface area contributed by atoms with Crippen molar-refractivity contribution in [2.24, 2.45) is 0 Å². The fourth-order valence-electron chi connectivity index (χ4n) is 4.96. The van der Waals surface area contributed by atoms with Gasteiger partial charge in [-0.05, 0) is 16.7 Å². The SMILES string of the molecule is CC(C)(C)c1ccc2c(c1)[cH-]c1cc(C(C)(C)C)ccc12.CC(C)c1cc[c-]cc1.[CH-]1CCCCC1.[CH2]=[Zr].c1cc[cH-]c1. The Morgan fingerprint density at radius 1 is 0.698 bits per heavy atom. The van der Waals surface area contributed by atoms with Crippen molar-refractivity contribution in [1.29, 1.82) is 0 Å². The summed E-state index contributed by atoms with van der Waals surface area (Å²) in [4.78, 5) is 0. The van der Waals surface area contributed by atoms with Crippen LogP contribution in [0.25, 0.3) is 21.5 Å². The third-order valence-electron chi connectivity index (χ3n) is 7.72. The van der Waals surface area contributed by atoms with Gasteiger partial charge >= 0.3 is 28.4 Å². The smallest absolute Gasteiger partial charge is 0.172 e. The van der Waals surface area contributed by atoms with Crippen molar-refractivity contribution in [3.05, 3.63) is 126 Å². The molecule has 0 atom stereocenters. The molecule has 0 saturated heterocycles. The first-order valence-electron chi connectivity index (χ1n) is 15.9. The van der Waals surface area contributed by atoms with E-state index in [0.717, 1.165) is 0 Å². The summed E-state index contributed by atoms with van der Waals surface area (Å²) in [7, 11) is 0. The molecular weight excluding hydrogens is 596 g/mol. The Balaban J connectivity index is 0.000000239. The second kappa shape index (κ2) is 18.4. The van der Waals surface area contributed by atoms with E-state index in [2.05, 4.69) is 127 Å². The predicted molar refractivity (Wildman–Crippen MR) is 190 cm³/mol. The van der Waals surface area contributed by atoms with E-state index in [0.29, 0.717) is 5.92 Å². The number of fused-ring (bicyclic) bond motifs is 3. The third-order valence-corrected chi connectivity index (χ3v) is 7.72. The molecule has 0 unspecified atom stereocenters. The molecule has 6 rings (SSSR count). The normalized spacial score (nSPS) is 12.9. The average molecular weight is 650 g/mol. The van der Waals surface area contributed by atoms with Gasteiger partial charge in [0, 0.05) is 0 Å². The van der Waals surface area contributed by atoms with Gasteiger partial charge in [0.1, 0.15) is 0 Å². The van der Waals surface area contributed by atoms with Crippen molar-refractivity contribution in [2.45, 2.75) is 104 Å². The summed E-state index contributed by atoms with van der Waals surface area (Å²) < 4.78 is 3.34. The van der Waals surface area contributed by atoms with Gasteiger partial charge in [0.2, 0.25) is 0 Å². The Morgan fingerprint density at radius 2 is 1.16 bits per heavy atom. The number of benzene rings is 3. The standard InChI is InChI=1S/C21H25.C9H11.C6H11.C5H5.CH2.Zr/c1-20(2,3)16-7-9-18-14(12-16)11-15-13-17(21(4,5)6)8-10-19(15)18;1-8(2)9-6-4-3-5-7-9;1-2-4-6-5-3-1;1-2-4-5-3-1;;/h7-13H,1-6H3;4-8H,1-2H3;1H,2-6H2;1-5H;1H2;/q4*-1;;. The first kappa shape index (κ1) is 36.8. The van der Waals surface area contributed by atoms with Gasteiger partial charge in [-0.15, -0.1) is 39.7 Å². The van der Waals surface area contributed by atoms with E-state index in [4.69, 9.17) is 0 Å². The van der Waals surface area contributed by atoms with Crippen LogP contribution >= 0.6 is 0 Å². The summed E-state index contributed by atoms with van der Waals surface area (Å²) in [6, 6.07) is 37.3. The number of hydrogen-bond donors (Lipinski definition) is 0. The fraction of sp³-hybridized carbons (Fsp3) is 0.381. The first-order chi connectivity index (χ1) is 20.5. The Morgan fingerprint density at radius 3 is 1.44 bits per heavy atom. The minimum atomic E-state index is 0.203. The number of rotatable bonds is 1. The van der Waals surface area contributed by atoms with E-state index < -0.39 is 0 Å². The molecule has 1 fully saturated rings. The van der Waals surface area contributed by atoms with Crippen molar-refractivity contribution in [3.63, 3.8) is 0 Å². The van der Waals surface area contributed by atoms with E-state index >= 15 is 0 Å². The Labute approximate surface area is 279 Å². The van der Waals surface area contributed by atoms with Gasteiger partial charge in [0.05, 0.1) is 0 Å². The molecule has 5 aromatic rings. The summed E-state index contributed by atoms with van der Waals surface area (Å²) in [5, 5.41) is 5.48. The predicted octanol–water partition coefficient (Wildman–Crippen LogP) is 12.4. The summed E-state index contributed by atoms with van der Waals surface area (Å²) in [5.41, 5.74) is 4.60. The molecule has 43 heavy (non-hydrogen) atoms. The van der Waals surface area contributed by atoms with Crippen molar-refractivity contribution in [1.82, 2.24) is 0 Å². The second-order valence-electron chi connectivity index (χ2n) is 13.6. The van der Waals surface area contributed by atoms with E-state index in [1.54, 1.807) is 0 Å². The molecule has 1 heteroatoms. The van der Waals surface area contributed by atoms with Crippen LogP contribution < -0.4 is 0 Å². The molecule has 1 aliphatic carbocycles. The van der Waals surface area contributed by atoms with Crippen LogP contribution in [0.2, 0.25) is 0 Å². The fourth-order valence-corrected chi connectivity index (χ4v) is 4.96. The van der Waals surface area contributed by atoms with Crippen LogP contribution in [0.3, 0.4) is 0 Å². The summed E-state index contributed by atoms with van der Waals surface area (Å²) in [6.45, 7) is 18.0. The van der Waals surface area contributed by atoms with Crippen molar-refractivity contribution >= 4 is 25.8 Å². The first-order valence-corrected chi connectivity index (χ1v) is 17.6. The van der Waals surface area contributed by atoms with Crippen LogP contribution in [0.5, 0.6) is 0 Å². The molecule has 0 N–H and O–H groups in total. The minimum Gasteiger partial charge on any atom is -0.214 e. The maximum atomic E-state index is 3.34. The molecule has 0 aliphatic heterocycles. The van der Waals surface area contributed by atoms with Crippen LogP contribution in [0.15, 0.2) is 97.1 Å². The van der Waals surface area contributed by atoms with Crippen LogP contribution in [0.4, 0.5) is 0 Å². The molecule has 0 bridgehead atoms. The van der Waals surface area contributed by atoms with E-state index in [1.807, 2.05) is 42.5 Å². The van der Waals surface area contributed by atoms with Crippen LogP contribution in [-0.4, -0.2) is 4.21 Å². The average Bonchev–Trinajstić information content (AvgIpc) is 3.71. The zero-order valence-electron chi connectivity index (χ0n) is 28.1. The van der Waals surface area contributed by atoms with E-state index in [9.17, 15) is 0 Å². The molecule has 0 aromatic heterocycles. The van der Waals surface area contributed by atoms with Crippen LogP contribution in [0, 0.1) is 12.5 Å². The third kappa shape index (κ3) is 12.6. The van der Waals surface area contributed by atoms with E-state index in [-0.39, 0.29) is 10.8 Å². The van der Waals surface area contributed by atoms with Gasteiger partial charge < -0.3 is 6.42 Å². The molecule has 0 heterocycles.